The van der Waals surface area contributed by atoms with E-state index in [1.54, 1.807) is 0 Å². The molecule has 3 aromatic rings. The minimum atomic E-state index is -5.08. The molecule has 0 aliphatic carbocycles. The zero-order chi connectivity index (χ0) is 31.8. The van der Waals surface area contributed by atoms with Crippen LogP contribution in [-0.2, 0) is 29.1 Å². The minimum absolute atomic E-state index is 0.565. The molecule has 5 rings (SSSR count). The maximum absolute atomic E-state index is 10.6. The Bertz CT molecular complexity index is 1360. The summed E-state index contributed by atoms with van der Waals surface area (Å²) in [7, 11) is 0. The Morgan fingerprint density at radius 1 is 0.977 bits per heavy atom. The number of carbonyl (C=O) groups is 2. The summed E-state index contributed by atoms with van der Waals surface area (Å²) in [6, 6.07) is 8.53. The van der Waals surface area contributed by atoms with Gasteiger partial charge in [0.05, 0.1) is 0 Å². The molecule has 1 saturated heterocycles. The lowest BCUT2D eigenvalue weighted by Gasteiger charge is -2.26. The van der Waals surface area contributed by atoms with Crippen molar-refractivity contribution >= 4 is 11.9 Å². The minimum Gasteiger partial charge on any atom is -0.475 e. The predicted octanol–water partition coefficient (Wildman–Crippen LogP) is 5.01. The molecule has 234 valence electrons. The van der Waals surface area contributed by atoms with E-state index in [0.29, 0.717) is 11.7 Å². The van der Waals surface area contributed by atoms with Gasteiger partial charge in [0, 0.05) is 36.1 Å². The molecule has 10 nitrogen and oxygen atoms in total. The van der Waals surface area contributed by atoms with Gasteiger partial charge in [-0.3, -0.25) is 9.88 Å². The fraction of sp³-hybridized carbons (Fsp3) is 0.444. The van der Waals surface area contributed by atoms with Crippen LogP contribution < -0.4 is 5.32 Å². The number of aryl methyl sites for hydroxylation is 1. The number of alkyl halides is 6. The van der Waals surface area contributed by atoms with Crippen LogP contribution in [-0.4, -0.2) is 74.2 Å². The lowest BCUT2D eigenvalue weighted by atomic mass is 9.95. The third-order valence-corrected chi connectivity index (χ3v) is 6.52. The monoisotopic (exact) mass is 617 g/mol. The van der Waals surface area contributed by atoms with Gasteiger partial charge in [-0.15, -0.1) is 0 Å². The number of carboxylic acids is 2. The number of nitrogens with zero attached hydrogens (tertiary/aromatic N) is 4. The maximum atomic E-state index is 10.6. The Hall–Kier alpha value is -4.05. The average Bonchev–Trinajstić information content (AvgIpc) is 3.43. The fourth-order valence-corrected chi connectivity index (χ4v) is 4.44. The number of aliphatic carboxylic acids is 2. The second kappa shape index (κ2) is 14.4. The predicted molar refractivity (Wildman–Crippen MR) is 140 cm³/mol. The normalized spacial score (nSPS) is 15.3. The average molecular weight is 618 g/mol. The van der Waals surface area contributed by atoms with Crippen molar-refractivity contribution in [2.24, 2.45) is 0 Å². The number of nitrogens with one attached hydrogen (secondary N) is 1. The first-order valence-electron chi connectivity index (χ1n) is 13.1. The molecule has 4 heterocycles. The molecule has 3 N–H and O–H groups in total. The number of pyridine rings is 1. The number of piperidine rings is 1. The first-order chi connectivity index (χ1) is 20.2. The van der Waals surface area contributed by atoms with Crippen LogP contribution in [0.25, 0.3) is 22.8 Å². The maximum Gasteiger partial charge on any atom is 0.490 e. The number of rotatable bonds is 4. The van der Waals surface area contributed by atoms with E-state index < -0.39 is 24.3 Å². The topological polar surface area (TPSA) is 142 Å². The van der Waals surface area contributed by atoms with Crippen LogP contribution in [0.2, 0.25) is 0 Å². The van der Waals surface area contributed by atoms with Crippen LogP contribution in [0.4, 0.5) is 26.3 Å². The highest BCUT2D eigenvalue weighted by Crippen LogP contribution is 2.30. The van der Waals surface area contributed by atoms with Crippen molar-refractivity contribution < 1.29 is 50.7 Å². The van der Waals surface area contributed by atoms with Gasteiger partial charge in [0.1, 0.15) is 0 Å². The van der Waals surface area contributed by atoms with Crippen molar-refractivity contribution in [1.82, 2.24) is 25.3 Å². The number of fused-ring (bicyclic) bond motifs is 1. The molecule has 0 bridgehead atoms. The number of aromatic nitrogens is 3. The molecule has 0 unspecified atom stereocenters. The van der Waals surface area contributed by atoms with E-state index in [2.05, 4.69) is 44.6 Å². The van der Waals surface area contributed by atoms with E-state index in [9.17, 15) is 26.3 Å². The number of halogens is 6. The lowest BCUT2D eigenvalue weighted by Crippen LogP contribution is -2.28. The van der Waals surface area contributed by atoms with Crippen LogP contribution >= 0.6 is 0 Å². The van der Waals surface area contributed by atoms with E-state index >= 15 is 0 Å². The zero-order valence-electron chi connectivity index (χ0n) is 22.9. The first kappa shape index (κ1) is 33.5. The van der Waals surface area contributed by atoms with Gasteiger partial charge >= 0.3 is 24.3 Å². The highest BCUT2D eigenvalue weighted by molar-refractivity contribution is 5.73. The Kier molecular flexibility index (Phi) is 11.2. The third-order valence-electron chi connectivity index (χ3n) is 6.52. The Morgan fingerprint density at radius 3 is 2.12 bits per heavy atom. The molecule has 0 saturated carbocycles. The summed E-state index contributed by atoms with van der Waals surface area (Å²) in [5, 5.41) is 21.9. The van der Waals surface area contributed by atoms with Crippen LogP contribution in [0.15, 0.2) is 35.0 Å². The van der Waals surface area contributed by atoms with Crippen molar-refractivity contribution in [1.29, 1.82) is 0 Å². The van der Waals surface area contributed by atoms with Crippen molar-refractivity contribution in [3.63, 3.8) is 0 Å². The van der Waals surface area contributed by atoms with Gasteiger partial charge in [-0.1, -0.05) is 23.7 Å². The summed E-state index contributed by atoms with van der Waals surface area (Å²) < 4.78 is 69.1. The fourth-order valence-electron chi connectivity index (χ4n) is 4.44. The quantitative estimate of drug-likeness (QED) is 0.342. The highest BCUT2D eigenvalue weighted by Gasteiger charge is 2.38. The van der Waals surface area contributed by atoms with Crippen LogP contribution in [0.3, 0.4) is 0 Å². The first-order valence-corrected chi connectivity index (χ1v) is 13.1. The summed E-state index contributed by atoms with van der Waals surface area (Å²) >= 11 is 0. The smallest absolute Gasteiger partial charge is 0.475 e. The number of benzene rings is 1. The molecule has 2 aliphatic rings. The van der Waals surface area contributed by atoms with Gasteiger partial charge in [0.2, 0.25) is 5.82 Å². The third kappa shape index (κ3) is 9.74. The van der Waals surface area contributed by atoms with Crippen molar-refractivity contribution in [3.8, 4) is 22.8 Å². The summed E-state index contributed by atoms with van der Waals surface area (Å²) in [5.74, 6) is -4.31. The zero-order valence-corrected chi connectivity index (χ0v) is 22.9. The summed E-state index contributed by atoms with van der Waals surface area (Å²) in [5.41, 5.74) is 6.80. The van der Waals surface area contributed by atoms with Gasteiger partial charge in [0.25, 0.3) is 5.89 Å². The molecule has 0 atom stereocenters. The molecule has 16 heteroatoms. The van der Waals surface area contributed by atoms with Crippen molar-refractivity contribution in [3.05, 3.63) is 52.8 Å². The molecule has 43 heavy (non-hydrogen) atoms. The molecule has 2 aromatic heterocycles. The molecule has 1 fully saturated rings. The van der Waals surface area contributed by atoms with E-state index in [1.807, 2.05) is 13.1 Å². The van der Waals surface area contributed by atoms with E-state index in [-0.39, 0.29) is 0 Å². The number of carboxylic acid groups (broad SMARTS) is 2. The van der Waals surface area contributed by atoms with E-state index in [0.717, 1.165) is 42.9 Å². The SMILES string of the molecule is Cc1ncc2c(c1-c1noc(-c3ccc(CN4CCCCC4)cc3)n1)CCNC2.O=C(O)C(F)(F)F.O=C(O)C(F)(F)F. The Balaban J connectivity index is 0.000000303. The molecule has 0 radical (unpaired) electrons. The standard InChI is InChI=1S/C23H27N5O.2C2HF3O2/c1-16-21(20-9-10-24-13-19(20)14-25-16)22-26-23(29-27-22)18-7-5-17(6-8-18)15-28-11-3-2-4-12-28;2*3-2(4,5)1(6)7/h5-8,14,24H,2-4,9-13,15H2,1H3;2*(H,6,7). The van der Waals surface area contributed by atoms with Crippen LogP contribution in [0.5, 0.6) is 0 Å². The second-order valence-corrected chi connectivity index (χ2v) is 9.71. The van der Waals surface area contributed by atoms with E-state index in [4.69, 9.17) is 29.3 Å². The lowest BCUT2D eigenvalue weighted by molar-refractivity contribution is -0.193. The molecule has 0 spiro atoms. The number of hydrogen-bond acceptors (Lipinski definition) is 8. The summed E-state index contributed by atoms with van der Waals surface area (Å²) in [4.78, 5) is 29.6. The van der Waals surface area contributed by atoms with Gasteiger partial charge in [-0.25, -0.2) is 9.59 Å². The highest BCUT2D eigenvalue weighted by atomic mass is 19.4. The molecule has 0 amide bonds. The van der Waals surface area contributed by atoms with Gasteiger partial charge in [0.15, 0.2) is 0 Å². The van der Waals surface area contributed by atoms with Crippen LogP contribution in [0.1, 0.15) is 41.6 Å². The van der Waals surface area contributed by atoms with E-state index in [1.165, 1.54) is 49.0 Å². The summed E-state index contributed by atoms with van der Waals surface area (Å²) in [6.45, 7) is 7.26. The Labute approximate surface area is 241 Å². The Morgan fingerprint density at radius 2 is 1.56 bits per heavy atom. The van der Waals surface area contributed by atoms with Gasteiger partial charge in [-0.05, 0) is 74.6 Å². The van der Waals surface area contributed by atoms with Crippen molar-refractivity contribution in [2.45, 2.75) is 58.0 Å². The molecule has 1 aromatic carbocycles. The largest absolute Gasteiger partial charge is 0.490 e. The van der Waals surface area contributed by atoms with Crippen molar-refractivity contribution in [2.75, 3.05) is 19.6 Å². The van der Waals surface area contributed by atoms with Gasteiger partial charge in [-0.2, -0.15) is 31.3 Å². The van der Waals surface area contributed by atoms with Gasteiger partial charge < -0.3 is 20.1 Å². The summed E-state index contributed by atoms with van der Waals surface area (Å²) in [6.07, 6.45) is -3.25. The number of hydrogen-bond donors (Lipinski definition) is 3. The molecular weight excluding hydrogens is 588 g/mol. The molecule has 2 aliphatic heterocycles. The van der Waals surface area contributed by atoms with Crippen LogP contribution in [0, 0.1) is 6.92 Å². The number of likely N-dealkylation sites (tertiary alicyclic amines) is 1. The molecular formula is C27H29F6N5O5. The second-order valence-electron chi connectivity index (χ2n) is 9.71.